The molecule has 0 radical (unpaired) electrons. The first-order valence-corrected chi connectivity index (χ1v) is 5.99. The van der Waals surface area contributed by atoms with Crippen LogP contribution in [0.15, 0.2) is 0 Å². The van der Waals surface area contributed by atoms with Gasteiger partial charge in [-0.1, -0.05) is 6.42 Å². The minimum absolute atomic E-state index is 0.0442. The summed E-state index contributed by atoms with van der Waals surface area (Å²) in [5.74, 6) is 0. The maximum absolute atomic E-state index is 9.02. The Kier molecular flexibility index (Phi) is 5.03. The van der Waals surface area contributed by atoms with Gasteiger partial charge in [-0.15, -0.1) is 0 Å². The number of rotatable bonds is 7. The van der Waals surface area contributed by atoms with Crippen molar-refractivity contribution >= 4 is 0 Å². The Morgan fingerprint density at radius 2 is 2.00 bits per heavy atom. The molecule has 3 nitrogen and oxygen atoms in total. The predicted octanol–water partition coefficient (Wildman–Crippen LogP) is 1.65. The molecule has 1 aliphatic rings. The Morgan fingerprint density at radius 3 is 2.40 bits per heavy atom. The summed E-state index contributed by atoms with van der Waals surface area (Å²) >= 11 is 0. The second kappa shape index (κ2) is 5.83. The Bertz CT molecular complexity index is 178. The number of aliphatic hydroxyl groups excluding tert-OH is 1. The van der Waals surface area contributed by atoms with Crippen LogP contribution in [0.25, 0.3) is 0 Å². The van der Waals surface area contributed by atoms with Crippen molar-refractivity contribution in [1.82, 2.24) is 4.90 Å². The molecule has 0 spiro atoms. The van der Waals surface area contributed by atoms with E-state index in [0.717, 1.165) is 19.5 Å². The SMILES string of the molecule is COC(C)(C)CCN(CCO)C1CCC1. The predicted molar refractivity (Wildman–Crippen MR) is 62.0 cm³/mol. The quantitative estimate of drug-likeness (QED) is 0.701. The van der Waals surface area contributed by atoms with Crippen LogP contribution in [0, 0.1) is 0 Å². The van der Waals surface area contributed by atoms with Gasteiger partial charge in [0.05, 0.1) is 12.2 Å². The average molecular weight is 215 g/mol. The molecule has 0 aromatic heterocycles. The maximum atomic E-state index is 9.02. The van der Waals surface area contributed by atoms with E-state index < -0.39 is 0 Å². The fourth-order valence-corrected chi connectivity index (χ4v) is 1.87. The summed E-state index contributed by atoms with van der Waals surface area (Å²) in [6.45, 7) is 6.34. The number of nitrogens with zero attached hydrogens (tertiary/aromatic N) is 1. The summed E-state index contributed by atoms with van der Waals surface area (Å²) in [7, 11) is 1.76. The summed E-state index contributed by atoms with van der Waals surface area (Å²) < 4.78 is 5.41. The summed E-state index contributed by atoms with van der Waals surface area (Å²) in [6, 6.07) is 0.713. The van der Waals surface area contributed by atoms with E-state index in [1.54, 1.807) is 7.11 Å². The van der Waals surface area contributed by atoms with Crippen LogP contribution < -0.4 is 0 Å². The van der Waals surface area contributed by atoms with Crippen molar-refractivity contribution in [3.05, 3.63) is 0 Å². The largest absolute Gasteiger partial charge is 0.395 e. The molecule has 0 unspecified atom stereocenters. The van der Waals surface area contributed by atoms with Gasteiger partial charge in [0, 0.05) is 26.2 Å². The Morgan fingerprint density at radius 1 is 1.33 bits per heavy atom. The molecule has 1 fully saturated rings. The number of hydrogen-bond donors (Lipinski definition) is 1. The molecule has 1 N–H and O–H groups in total. The minimum Gasteiger partial charge on any atom is -0.395 e. The Labute approximate surface area is 93.4 Å². The first kappa shape index (κ1) is 12.9. The fraction of sp³-hybridized carbons (Fsp3) is 1.00. The monoisotopic (exact) mass is 215 g/mol. The molecule has 3 heteroatoms. The number of ether oxygens (including phenoxy) is 1. The van der Waals surface area contributed by atoms with Crippen LogP contribution >= 0.6 is 0 Å². The lowest BCUT2D eigenvalue weighted by atomic mass is 9.91. The van der Waals surface area contributed by atoms with Crippen molar-refractivity contribution in [1.29, 1.82) is 0 Å². The first-order chi connectivity index (χ1) is 7.09. The van der Waals surface area contributed by atoms with Crippen LogP contribution in [0.1, 0.15) is 39.5 Å². The van der Waals surface area contributed by atoms with E-state index in [9.17, 15) is 0 Å². The van der Waals surface area contributed by atoms with E-state index >= 15 is 0 Å². The molecule has 1 saturated carbocycles. The molecular weight excluding hydrogens is 190 g/mol. The molecule has 0 amide bonds. The summed E-state index contributed by atoms with van der Waals surface area (Å²) in [6.07, 6.45) is 4.97. The highest BCUT2D eigenvalue weighted by molar-refractivity contribution is 4.81. The Hall–Kier alpha value is -0.120. The average Bonchev–Trinajstić information content (AvgIpc) is 2.12. The van der Waals surface area contributed by atoms with Gasteiger partial charge in [-0.2, -0.15) is 0 Å². The van der Waals surface area contributed by atoms with Crippen LogP contribution in [0.3, 0.4) is 0 Å². The van der Waals surface area contributed by atoms with Gasteiger partial charge in [-0.25, -0.2) is 0 Å². The van der Waals surface area contributed by atoms with Crippen LogP contribution in [-0.4, -0.2) is 48.5 Å². The summed E-state index contributed by atoms with van der Waals surface area (Å²) in [5.41, 5.74) is -0.0442. The molecule has 0 bridgehead atoms. The molecule has 1 rings (SSSR count). The molecule has 0 saturated heterocycles. The summed E-state index contributed by atoms with van der Waals surface area (Å²) in [5, 5.41) is 9.02. The molecule has 0 aromatic rings. The van der Waals surface area contributed by atoms with Crippen molar-refractivity contribution in [2.24, 2.45) is 0 Å². The van der Waals surface area contributed by atoms with Gasteiger partial charge < -0.3 is 9.84 Å². The minimum atomic E-state index is -0.0442. The highest BCUT2D eigenvalue weighted by atomic mass is 16.5. The summed E-state index contributed by atoms with van der Waals surface area (Å²) in [4.78, 5) is 2.41. The van der Waals surface area contributed by atoms with Crippen LogP contribution in [0.4, 0.5) is 0 Å². The van der Waals surface area contributed by atoms with Crippen LogP contribution in [0.2, 0.25) is 0 Å². The highest BCUT2D eigenvalue weighted by Crippen LogP contribution is 2.25. The van der Waals surface area contributed by atoms with Gasteiger partial charge in [0.2, 0.25) is 0 Å². The lowest BCUT2D eigenvalue weighted by Crippen LogP contribution is -2.44. The van der Waals surface area contributed by atoms with Gasteiger partial charge >= 0.3 is 0 Å². The molecular formula is C12H25NO2. The van der Waals surface area contributed by atoms with Gasteiger partial charge in [-0.3, -0.25) is 4.90 Å². The lowest BCUT2D eigenvalue weighted by molar-refractivity contribution is -0.00271. The van der Waals surface area contributed by atoms with E-state index in [4.69, 9.17) is 9.84 Å². The molecule has 1 aliphatic carbocycles. The molecule has 0 aliphatic heterocycles. The van der Waals surface area contributed by atoms with Crippen molar-refractivity contribution in [3.8, 4) is 0 Å². The third-order valence-corrected chi connectivity index (χ3v) is 3.53. The molecule has 15 heavy (non-hydrogen) atoms. The normalized spacial score (nSPS) is 18.2. The van der Waals surface area contributed by atoms with Gasteiger partial charge in [0.25, 0.3) is 0 Å². The fourth-order valence-electron chi connectivity index (χ4n) is 1.87. The van der Waals surface area contributed by atoms with E-state index in [0.29, 0.717) is 6.04 Å². The third-order valence-electron chi connectivity index (χ3n) is 3.53. The molecule has 0 heterocycles. The zero-order chi connectivity index (χ0) is 11.3. The molecule has 0 aromatic carbocycles. The van der Waals surface area contributed by atoms with Crippen LogP contribution in [-0.2, 0) is 4.74 Å². The van der Waals surface area contributed by atoms with E-state index in [2.05, 4.69) is 18.7 Å². The van der Waals surface area contributed by atoms with Crippen molar-refractivity contribution in [3.63, 3.8) is 0 Å². The number of hydrogen-bond acceptors (Lipinski definition) is 3. The smallest absolute Gasteiger partial charge is 0.0634 e. The maximum Gasteiger partial charge on any atom is 0.0634 e. The van der Waals surface area contributed by atoms with Gasteiger partial charge in [0.1, 0.15) is 0 Å². The number of methoxy groups -OCH3 is 1. The zero-order valence-electron chi connectivity index (χ0n) is 10.3. The third kappa shape index (κ3) is 4.09. The van der Waals surface area contributed by atoms with Crippen LogP contribution in [0.5, 0.6) is 0 Å². The van der Waals surface area contributed by atoms with Crippen molar-refractivity contribution in [2.45, 2.75) is 51.2 Å². The van der Waals surface area contributed by atoms with Crippen molar-refractivity contribution in [2.75, 3.05) is 26.8 Å². The first-order valence-electron chi connectivity index (χ1n) is 5.99. The molecule has 90 valence electrons. The van der Waals surface area contributed by atoms with E-state index in [-0.39, 0.29) is 12.2 Å². The second-order valence-electron chi connectivity index (χ2n) is 5.06. The van der Waals surface area contributed by atoms with Crippen molar-refractivity contribution < 1.29 is 9.84 Å². The highest BCUT2D eigenvalue weighted by Gasteiger charge is 2.26. The lowest BCUT2D eigenvalue weighted by Gasteiger charge is -2.38. The standard InChI is InChI=1S/C12H25NO2/c1-12(2,15-3)7-8-13(9-10-14)11-5-4-6-11/h11,14H,4-10H2,1-3H3. The van der Waals surface area contributed by atoms with Gasteiger partial charge in [-0.05, 0) is 33.1 Å². The van der Waals surface area contributed by atoms with Gasteiger partial charge in [0.15, 0.2) is 0 Å². The zero-order valence-corrected chi connectivity index (χ0v) is 10.3. The molecule has 0 atom stereocenters. The van der Waals surface area contributed by atoms with E-state index in [1.807, 2.05) is 0 Å². The topological polar surface area (TPSA) is 32.7 Å². The second-order valence-corrected chi connectivity index (χ2v) is 5.06. The van der Waals surface area contributed by atoms with E-state index in [1.165, 1.54) is 19.3 Å². The Balaban J connectivity index is 2.30. The number of aliphatic hydroxyl groups is 1.